The summed E-state index contributed by atoms with van der Waals surface area (Å²) in [5, 5.41) is 24.3. The van der Waals surface area contributed by atoms with E-state index in [1.165, 1.54) is 0 Å². The summed E-state index contributed by atoms with van der Waals surface area (Å²) in [6.45, 7) is 4.53. The van der Waals surface area contributed by atoms with Gasteiger partial charge in [-0.3, -0.25) is 14.6 Å². The van der Waals surface area contributed by atoms with Gasteiger partial charge in [-0.05, 0) is 42.9 Å². The van der Waals surface area contributed by atoms with E-state index in [1.807, 2.05) is 30.3 Å². The SMILES string of the molecule is CN1CCN(c2ccc3c(C(=O)Nc4cnn(Cc5cccc(C#N)c5)c4)n[nH]c3c2)CC1. The molecule has 1 fully saturated rings. The van der Waals surface area contributed by atoms with Crippen molar-refractivity contribution < 1.29 is 4.79 Å². The zero-order chi connectivity index (χ0) is 22.8. The molecule has 5 rings (SSSR count). The van der Waals surface area contributed by atoms with Crippen LogP contribution in [-0.4, -0.2) is 64.0 Å². The van der Waals surface area contributed by atoms with Crippen molar-refractivity contribution in [2.75, 3.05) is 43.4 Å². The third-order valence-electron chi connectivity index (χ3n) is 5.92. The van der Waals surface area contributed by atoms with Crippen LogP contribution in [0.25, 0.3) is 10.9 Å². The number of aromatic amines is 1. The lowest BCUT2D eigenvalue weighted by Crippen LogP contribution is -2.44. The minimum Gasteiger partial charge on any atom is -0.369 e. The lowest BCUT2D eigenvalue weighted by Gasteiger charge is -2.34. The first-order valence-corrected chi connectivity index (χ1v) is 10.8. The molecule has 1 aliphatic rings. The van der Waals surface area contributed by atoms with Gasteiger partial charge in [0.1, 0.15) is 0 Å². The van der Waals surface area contributed by atoms with Crippen molar-refractivity contribution in [1.82, 2.24) is 24.9 Å². The molecule has 1 aliphatic heterocycles. The van der Waals surface area contributed by atoms with Crippen molar-refractivity contribution in [3.63, 3.8) is 0 Å². The van der Waals surface area contributed by atoms with Gasteiger partial charge in [-0.15, -0.1) is 0 Å². The van der Waals surface area contributed by atoms with Gasteiger partial charge in [0.15, 0.2) is 5.69 Å². The number of nitrogens with zero attached hydrogens (tertiary/aromatic N) is 6. The number of hydrogen-bond acceptors (Lipinski definition) is 6. The van der Waals surface area contributed by atoms with Crippen LogP contribution in [0.4, 0.5) is 11.4 Å². The summed E-state index contributed by atoms with van der Waals surface area (Å²) < 4.78 is 1.72. The van der Waals surface area contributed by atoms with E-state index in [1.54, 1.807) is 23.1 Å². The van der Waals surface area contributed by atoms with Gasteiger partial charge in [0.2, 0.25) is 0 Å². The molecule has 0 aliphatic carbocycles. The van der Waals surface area contributed by atoms with E-state index < -0.39 is 0 Å². The highest BCUT2D eigenvalue weighted by Gasteiger charge is 2.18. The quantitative estimate of drug-likeness (QED) is 0.494. The molecule has 3 heterocycles. The van der Waals surface area contributed by atoms with E-state index in [-0.39, 0.29) is 5.91 Å². The van der Waals surface area contributed by atoms with Crippen molar-refractivity contribution in [2.45, 2.75) is 6.54 Å². The predicted molar refractivity (Wildman–Crippen MR) is 126 cm³/mol. The molecular weight excluding hydrogens is 416 g/mol. The summed E-state index contributed by atoms with van der Waals surface area (Å²) >= 11 is 0. The van der Waals surface area contributed by atoms with Gasteiger partial charge in [-0.25, -0.2) is 0 Å². The zero-order valence-electron chi connectivity index (χ0n) is 18.3. The lowest BCUT2D eigenvalue weighted by molar-refractivity contribution is 0.102. The van der Waals surface area contributed by atoms with Gasteiger partial charge in [-0.1, -0.05) is 12.1 Å². The van der Waals surface area contributed by atoms with E-state index in [2.05, 4.69) is 49.6 Å². The van der Waals surface area contributed by atoms with Crippen molar-refractivity contribution in [1.29, 1.82) is 5.26 Å². The lowest BCUT2D eigenvalue weighted by atomic mass is 10.1. The molecule has 1 saturated heterocycles. The Morgan fingerprint density at radius 1 is 1.18 bits per heavy atom. The van der Waals surface area contributed by atoms with Gasteiger partial charge in [0, 0.05) is 43.4 Å². The second-order valence-electron chi connectivity index (χ2n) is 8.29. The number of fused-ring (bicyclic) bond motifs is 1. The number of rotatable bonds is 5. The summed E-state index contributed by atoms with van der Waals surface area (Å²) in [6.07, 6.45) is 3.36. The summed E-state index contributed by atoms with van der Waals surface area (Å²) in [4.78, 5) is 17.5. The number of carbonyl (C=O) groups is 1. The molecule has 33 heavy (non-hydrogen) atoms. The molecule has 2 aromatic heterocycles. The van der Waals surface area contributed by atoms with Crippen LogP contribution in [0.5, 0.6) is 0 Å². The molecule has 0 atom stereocenters. The van der Waals surface area contributed by atoms with Gasteiger partial charge >= 0.3 is 0 Å². The second-order valence-corrected chi connectivity index (χ2v) is 8.29. The van der Waals surface area contributed by atoms with E-state index in [4.69, 9.17) is 5.26 Å². The van der Waals surface area contributed by atoms with Crippen LogP contribution in [0.3, 0.4) is 0 Å². The van der Waals surface area contributed by atoms with Crippen LogP contribution < -0.4 is 10.2 Å². The first-order valence-electron chi connectivity index (χ1n) is 10.8. The fourth-order valence-electron chi connectivity index (χ4n) is 4.07. The number of carbonyl (C=O) groups excluding carboxylic acids is 1. The maximum Gasteiger partial charge on any atom is 0.276 e. The number of nitrogens with one attached hydrogen (secondary N) is 2. The van der Waals surface area contributed by atoms with E-state index in [9.17, 15) is 4.79 Å². The Morgan fingerprint density at radius 3 is 2.85 bits per heavy atom. The average Bonchev–Trinajstić information content (AvgIpc) is 3.46. The first-order chi connectivity index (χ1) is 16.1. The molecule has 2 N–H and O–H groups in total. The van der Waals surface area contributed by atoms with Crippen molar-refractivity contribution >= 4 is 28.2 Å². The Bertz CT molecular complexity index is 1340. The third-order valence-corrected chi connectivity index (χ3v) is 5.92. The Morgan fingerprint density at radius 2 is 2.03 bits per heavy atom. The van der Waals surface area contributed by atoms with E-state index in [0.29, 0.717) is 23.5 Å². The number of hydrogen-bond donors (Lipinski definition) is 2. The number of piperazine rings is 1. The molecule has 0 radical (unpaired) electrons. The maximum atomic E-state index is 12.9. The van der Waals surface area contributed by atoms with Gasteiger partial charge in [0.05, 0.1) is 35.6 Å². The van der Waals surface area contributed by atoms with Crippen molar-refractivity contribution in [2.24, 2.45) is 0 Å². The van der Waals surface area contributed by atoms with Crippen LogP contribution in [0.2, 0.25) is 0 Å². The molecule has 0 saturated carbocycles. The van der Waals surface area contributed by atoms with Crippen LogP contribution in [-0.2, 0) is 6.54 Å². The second kappa shape index (κ2) is 8.76. The first kappa shape index (κ1) is 20.7. The molecule has 9 heteroatoms. The number of amides is 1. The third kappa shape index (κ3) is 4.42. The maximum absolute atomic E-state index is 12.9. The van der Waals surface area contributed by atoms with Crippen LogP contribution >= 0.6 is 0 Å². The van der Waals surface area contributed by atoms with Gasteiger partial charge in [-0.2, -0.15) is 15.5 Å². The predicted octanol–water partition coefficient (Wildman–Crippen LogP) is 2.68. The van der Waals surface area contributed by atoms with Crippen LogP contribution in [0.15, 0.2) is 54.9 Å². The topological polar surface area (TPSA) is 106 Å². The van der Waals surface area contributed by atoms with Crippen molar-refractivity contribution in [3.8, 4) is 6.07 Å². The van der Waals surface area contributed by atoms with Crippen LogP contribution in [0, 0.1) is 11.3 Å². The molecule has 166 valence electrons. The number of nitriles is 1. The number of H-pyrrole nitrogens is 1. The summed E-state index contributed by atoms with van der Waals surface area (Å²) in [7, 11) is 2.14. The minimum atomic E-state index is -0.292. The fourth-order valence-corrected chi connectivity index (χ4v) is 4.07. The number of likely N-dealkylation sites (N-methyl/N-ethyl adjacent to an activating group) is 1. The summed E-state index contributed by atoms with van der Waals surface area (Å²) in [5.74, 6) is -0.292. The largest absolute Gasteiger partial charge is 0.369 e. The summed E-state index contributed by atoms with van der Waals surface area (Å²) in [6, 6.07) is 15.6. The molecular formula is C24H24N8O. The molecule has 4 aromatic rings. The number of anilines is 2. The minimum absolute atomic E-state index is 0.292. The van der Waals surface area contributed by atoms with Crippen LogP contribution in [0.1, 0.15) is 21.6 Å². The van der Waals surface area contributed by atoms with E-state index >= 15 is 0 Å². The highest BCUT2D eigenvalue weighted by atomic mass is 16.2. The highest BCUT2D eigenvalue weighted by molar-refractivity contribution is 6.11. The standard InChI is InChI=1S/C24H24N8O/c1-30-7-9-31(10-8-30)20-5-6-21-22(12-20)28-29-23(21)24(33)27-19-14-26-32(16-19)15-18-4-2-3-17(11-18)13-25/h2-6,11-12,14,16H,7-10,15H2,1H3,(H,27,33)(H,28,29). The normalized spacial score (nSPS) is 14.4. The Kier molecular flexibility index (Phi) is 5.50. The molecule has 9 nitrogen and oxygen atoms in total. The average molecular weight is 441 g/mol. The Balaban J connectivity index is 1.28. The zero-order valence-corrected chi connectivity index (χ0v) is 18.3. The van der Waals surface area contributed by atoms with Gasteiger partial charge in [0.25, 0.3) is 5.91 Å². The molecule has 2 aromatic carbocycles. The molecule has 0 unspecified atom stereocenters. The molecule has 0 bridgehead atoms. The van der Waals surface area contributed by atoms with Gasteiger partial charge < -0.3 is 15.1 Å². The van der Waals surface area contributed by atoms with Crippen molar-refractivity contribution in [3.05, 3.63) is 71.7 Å². The fraction of sp³-hybridized carbons (Fsp3) is 0.250. The monoisotopic (exact) mass is 440 g/mol. The number of benzene rings is 2. The highest BCUT2D eigenvalue weighted by Crippen LogP contribution is 2.24. The smallest absolute Gasteiger partial charge is 0.276 e. The summed E-state index contributed by atoms with van der Waals surface area (Å²) in [5.41, 5.74) is 4.47. The Hall–Kier alpha value is -4.16. The Labute approximate surface area is 191 Å². The number of aromatic nitrogens is 4. The molecule has 1 amide bonds. The molecule has 0 spiro atoms. The van der Waals surface area contributed by atoms with E-state index in [0.717, 1.165) is 48.3 Å².